The zero-order valence-corrected chi connectivity index (χ0v) is 10.9. The number of carbonyl (C=O) groups is 1. The minimum Gasteiger partial charge on any atom is -0.508 e. The first-order chi connectivity index (χ1) is 8.56. The van der Waals surface area contributed by atoms with Crippen molar-refractivity contribution in [2.45, 2.75) is 38.8 Å². The standard InChI is InChI=1S/C14H20N2O2/c1-9-3-5-12(13(17)7-9)10(2)15-8-11-4-6-14(18)16-11/h3,5,7,10-11,15,17H,4,6,8H2,1-2H3,(H,16,18). The average molecular weight is 248 g/mol. The van der Waals surface area contributed by atoms with Gasteiger partial charge in [0.1, 0.15) is 5.75 Å². The third-order valence-electron chi connectivity index (χ3n) is 3.41. The maximum atomic E-state index is 11.1. The van der Waals surface area contributed by atoms with E-state index in [0.29, 0.717) is 12.2 Å². The SMILES string of the molecule is Cc1ccc(C(C)NCC2CCC(=O)N2)c(O)c1. The first-order valence-electron chi connectivity index (χ1n) is 6.38. The highest BCUT2D eigenvalue weighted by Crippen LogP contribution is 2.24. The number of hydrogen-bond donors (Lipinski definition) is 3. The van der Waals surface area contributed by atoms with Gasteiger partial charge in [-0.3, -0.25) is 4.79 Å². The van der Waals surface area contributed by atoms with E-state index in [1.807, 2.05) is 26.0 Å². The van der Waals surface area contributed by atoms with Gasteiger partial charge in [0.15, 0.2) is 0 Å². The van der Waals surface area contributed by atoms with Crippen LogP contribution in [0, 0.1) is 6.92 Å². The van der Waals surface area contributed by atoms with Crippen LogP contribution in [0.4, 0.5) is 0 Å². The van der Waals surface area contributed by atoms with Crippen molar-refractivity contribution in [3.8, 4) is 5.75 Å². The van der Waals surface area contributed by atoms with Gasteiger partial charge in [-0.25, -0.2) is 0 Å². The van der Waals surface area contributed by atoms with E-state index in [0.717, 1.165) is 24.1 Å². The Kier molecular flexibility index (Phi) is 3.87. The topological polar surface area (TPSA) is 61.4 Å². The quantitative estimate of drug-likeness (QED) is 0.759. The lowest BCUT2D eigenvalue weighted by molar-refractivity contribution is -0.119. The number of phenols is 1. The van der Waals surface area contributed by atoms with E-state index in [1.165, 1.54) is 0 Å². The first kappa shape index (κ1) is 12.9. The van der Waals surface area contributed by atoms with Gasteiger partial charge < -0.3 is 15.7 Å². The number of aromatic hydroxyl groups is 1. The van der Waals surface area contributed by atoms with Crippen LogP contribution in [0.25, 0.3) is 0 Å². The highest BCUT2D eigenvalue weighted by atomic mass is 16.3. The van der Waals surface area contributed by atoms with Crippen LogP contribution in [0.2, 0.25) is 0 Å². The zero-order valence-electron chi connectivity index (χ0n) is 10.9. The molecule has 1 aromatic rings. The van der Waals surface area contributed by atoms with Crippen LogP contribution in [0.5, 0.6) is 5.75 Å². The van der Waals surface area contributed by atoms with Crippen LogP contribution in [0.3, 0.4) is 0 Å². The molecule has 1 fully saturated rings. The highest BCUT2D eigenvalue weighted by molar-refractivity contribution is 5.78. The summed E-state index contributed by atoms with van der Waals surface area (Å²) in [5.41, 5.74) is 1.94. The molecule has 18 heavy (non-hydrogen) atoms. The van der Waals surface area contributed by atoms with E-state index < -0.39 is 0 Å². The summed E-state index contributed by atoms with van der Waals surface area (Å²) < 4.78 is 0. The second-order valence-electron chi connectivity index (χ2n) is 5.00. The number of nitrogens with one attached hydrogen (secondary N) is 2. The minimum atomic E-state index is 0.0723. The number of benzene rings is 1. The second-order valence-corrected chi connectivity index (χ2v) is 5.00. The zero-order chi connectivity index (χ0) is 13.1. The van der Waals surface area contributed by atoms with E-state index in [4.69, 9.17) is 0 Å². The van der Waals surface area contributed by atoms with Crippen molar-refractivity contribution in [1.29, 1.82) is 0 Å². The number of hydrogen-bond acceptors (Lipinski definition) is 3. The Balaban J connectivity index is 1.91. The fourth-order valence-electron chi connectivity index (χ4n) is 2.28. The lowest BCUT2D eigenvalue weighted by Gasteiger charge is -2.18. The van der Waals surface area contributed by atoms with Crippen molar-refractivity contribution >= 4 is 5.91 Å². The fourth-order valence-corrected chi connectivity index (χ4v) is 2.28. The summed E-state index contributed by atoms with van der Waals surface area (Å²) in [6.45, 7) is 4.71. The minimum absolute atomic E-state index is 0.0723. The van der Waals surface area contributed by atoms with Gasteiger partial charge in [-0.1, -0.05) is 12.1 Å². The molecular formula is C14H20N2O2. The van der Waals surface area contributed by atoms with Crippen molar-refractivity contribution in [2.75, 3.05) is 6.54 Å². The van der Waals surface area contributed by atoms with Crippen LogP contribution in [0.15, 0.2) is 18.2 Å². The Morgan fingerprint density at radius 2 is 2.33 bits per heavy atom. The van der Waals surface area contributed by atoms with Crippen molar-refractivity contribution in [1.82, 2.24) is 10.6 Å². The van der Waals surface area contributed by atoms with Gasteiger partial charge >= 0.3 is 0 Å². The molecule has 2 atom stereocenters. The van der Waals surface area contributed by atoms with Crippen molar-refractivity contribution in [3.63, 3.8) is 0 Å². The van der Waals surface area contributed by atoms with Crippen LogP contribution >= 0.6 is 0 Å². The molecule has 1 heterocycles. The molecule has 2 rings (SSSR count). The van der Waals surface area contributed by atoms with Crippen molar-refractivity contribution in [2.24, 2.45) is 0 Å². The molecule has 1 aliphatic heterocycles. The molecule has 1 aromatic carbocycles. The average Bonchev–Trinajstić information content (AvgIpc) is 2.72. The Morgan fingerprint density at radius 1 is 1.56 bits per heavy atom. The summed E-state index contributed by atoms with van der Waals surface area (Å²) in [5.74, 6) is 0.457. The molecule has 0 aliphatic carbocycles. The lowest BCUT2D eigenvalue weighted by Crippen LogP contribution is -2.36. The number of aryl methyl sites for hydroxylation is 1. The molecule has 1 aliphatic rings. The van der Waals surface area contributed by atoms with Crippen LogP contribution in [0.1, 0.15) is 36.9 Å². The molecule has 0 aromatic heterocycles. The van der Waals surface area contributed by atoms with E-state index in [1.54, 1.807) is 6.07 Å². The number of phenolic OH excluding ortho intramolecular Hbond substituents is 1. The molecule has 4 nitrogen and oxygen atoms in total. The number of amides is 1. The smallest absolute Gasteiger partial charge is 0.220 e. The van der Waals surface area contributed by atoms with Gasteiger partial charge in [0.05, 0.1) is 0 Å². The van der Waals surface area contributed by atoms with Gasteiger partial charge in [-0.2, -0.15) is 0 Å². The van der Waals surface area contributed by atoms with Gasteiger partial charge in [-0.05, 0) is 31.9 Å². The summed E-state index contributed by atoms with van der Waals surface area (Å²) in [6, 6.07) is 5.99. The van der Waals surface area contributed by atoms with E-state index in [-0.39, 0.29) is 18.0 Å². The maximum absolute atomic E-state index is 11.1. The number of rotatable bonds is 4. The number of carbonyl (C=O) groups excluding carboxylic acids is 1. The van der Waals surface area contributed by atoms with E-state index >= 15 is 0 Å². The van der Waals surface area contributed by atoms with Crippen LogP contribution < -0.4 is 10.6 Å². The Morgan fingerprint density at radius 3 is 2.94 bits per heavy atom. The Labute approximate surface area is 107 Å². The van der Waals surface area contributed by atoms with Gasteiger partial charge in [0, 0.05) is 30.6 Å². The van der Waals surface area contributed by atoms with Gasteiger partial charge in [0.25, 0.3) is 0 Å². The molecule has 0 saturated carbocycles. The molecule has 1 amide bonds. The predicted octanol–water partition coefficient (Wildman–Crippen LogP) is 1.63. The summed E-state index contributed by atoms with van der Waals surface area (Å²) in [6.07, 6.45) is 1.51. The Bertz CT molecular complexity index is 445. The molecule has 3 N–H and O–H groups in total. The molecule has 1 saturated heterocycles. The van der Waals surface area contributed by atoms with Gasteiger partial charge in [0.2, 0.25) is 5.91 Å². The molecule has 4 heteroatoms. The molecule has 0 radical (unpaired) electrons. The summed E-state index contributed by atoms with van der Waals surface area (Å²) in [5, 5.41) is 16.2. The van der Waals surface area contributed by atoms with E-state index in [2.05, 4.69) is 10.6 Å². The lowest BCUT2D eigenvalue weighted by atomic mass is 10.0. The third kappa shape index (κ3) is 3.01. The van der Waals surface area contributed by atoms with Crippen LogP contribution in [-0.2, 0) is 4.79 Å². The maximum Gasteiger partial charge on any atom is 0.220 e. The summed E-state index contributed by atoms with van der Waals surface area (Å²) in [7, 11) is 0. The largest absolute Gasteiger partial charge is 0.508 e. The summed E-state index contributed by atoms with van der Waals surface area (Å²) >= 11 is 0. The predicted molar refractivity (Wildman–Crippen MR) is 70.4 cm³/mol. The van der Waals surface area contributed by atoms with Crippen molar-refractivity contribution < 1.29 is 9.90 Å². The van der Waals surface area contributed by atoms with Crippen LogP contribution in [-0.4, -0.2) is 23.6 Å². The molecule has 0 spiro atoms. The Hall–Kier alpha value is -1.55. The molecular weight excluding hydrogens is 228 g/mol. The second kappa shape index (κ2) is 5.40. The normalized spacial score (nSPS) is 20.8. The van der Waals surface area contributed by atoms with E-state index in [9.17, 15) is 9.90 Å². The molecule has 0 bridgehead atoms. The fraction of sp³-hybridized carbons (Fsp3) is 0.500. The van der Waals surface area contributed by atoms with Crippen molar-refractivity contribution in [3.05, 3.63) is 29.3 Å². The third-order valence-corrected chi connectivity index (χ3v) is 3.41. The molecule has 98 valence electrons. The van der Waals surface area contributed by atoms with Gasteiger partial charge in [-0.15, -0.1) is 0 Å². The highest BCUT2D eigenvalue weighted by Gasteiger charge is 2.21. The summed E-state index contributed by atoms with van der Waals surface area (Å²) in [4.78, 5) is 11.1. The molecule has 2 unspecified atom stereocenters. The first-order valence-corrected chi connectivity index (χ1v) is 6.38. The monoisotopic (exact) mass is 248 g/mol.